The molecule has 1 aromatic rings. The zero-order chi connectivity index (χ0) is 9.80. The van der Waals surface area contributed by atoms with Gasteiger partial charge in [0.15, 0.2) is 0 Å². The lowest BCUT2D eigenvalue weighted by molar-refractivity contribution is 0.00582. The van der Waals surface area contributed by atoms with Crippen LogP contribution in [0.1, 0.15) is 25.1 Å². The Morgan fingerprint density at radius 1 is 1.53 bits per heavy atom. The Kier molecular flexibility index (Phi) is 4.94. The highest BCUT2D eigenvalue weighted by molar-refractivity contribution is 5.85. The lowest BCUT2D eigenvalue weighted by atomic mass is 10.2. The largest absolute Gasteiger partial charge is 0.368 e. The SMILES string of the molecule is CC(O[C@H]1CCNC1)c1cnccn1.Cl. The Morgan fingerprint density at radius 3 is 3.00 bits per heavy atom. The molecule has 1 unspecified atom stereocenters. The normalized spacial score (nSPS) is 22.1. The fraction of sp³-hybridized carbons (Fsp3) is 0.600. The fourth-order valence-corrected chi connectivity index (χ4v) is 1.62. The van der Waals surface area contributed by atoms with Gasteiger partial charge in [-0.05, 0) is 19.9 Å². The molecule has 0 radical (unpaired) electrons. The van der Waals surface area contributed by atoms with Gasteiger partial charge >= 0.3 is 0 Å². The van der Waals surface area contributed by atoms with E-state index in [-0.39, 0.29) is 18.5 Å². The van der Waals surface area contributed by atoms with Crippen LogP contribution in [-0.4, -0.2) is 29.2 Å². The summed E-state index contributed by atoms with van der Waals surface area (Å²) in [5.41, 5.74) is 0.902. The minimum atomic E-state index is 0. The van der Waals surface area contributed by atoms with Gasteiger partial charge < -0.3 is 10.1 Å². The van der Waals surface area contributed by atoms with Gasteiger partial charge in [0.25, 0.3) is 0 Å². The van der Waals surface area contributed by atoms with Crippen molar-refractivity contribution in [1.82, 2.24) is 15.3 Å². The second-order valence-corrected chi connectivity index (χ2v) is 3.52. The quantitative estimate of drug-likeness (QED) is 0.850. The summed E-state index contributed by atoms with van der Waals surface area (Å²) in [7, 11) is 0. The van der Waals surface area contributed by atoms with Gasteiger partial charge in [-0.25, -0.2) is 0 Å². The Hall–Kier alpha value is -0.710. The van der Waals surface area contributed by atoms with Crippen LogP contribution in [0.25, 0.3) is 0 Å². The molecule has 0 aliphatic carbocycles. The van der Waals surface area contributed by atoms with Crippen LogP contribution in [0.4, 0.5) is 0 Å². The number of nitrogens with one attached hydrogen (secondary N) is 1. The third-order valence-electron chi connectivity index (χ3n) is 2.41. The Balaban J connectivity index is 0.00000112. The maximum absolute atomic E-state index is 5.83. The number of rotatable bonds is 3. The van der Waals surface area contributed by atoms with Gasteiger partial charge in [-0.2, -0.15) is 0 Å². The number of hydrogen-bond acceptors (Lipinski definition) is 4. The maximum Gasteiger partial charge on any atom is 0.0986 e. The van der Waals surface area contributed by atoms with Crippen molar-refractivity contribution in [1.29, 1.82) is 0 Å². The van der Waals surface area contributed by atoms with Crippen LogP contribution in [0.3, 0.4) is 0 Å². The van der Waals surface area contributed by atoms with Gasteiger partial charge in [0.1, 0.15) is 0 Å². The Labute approximate surface area is 95.9 Å². The van der Waals surface area contributed by atoms with Crippen LogP contribution in [0.15, 0.2) is 18.6 Å². The minimum Gasteiger partial charge on any atom is -0.368 e. The third-order valence-corrected chi connectivity index (χ3v) is 2.41. The summed E-state index contributed by atoms with van der Waals surface area (Å²) < 4.78 is 5.83. The van der Waals surface area contributed by atoms with Crippen LogP contribution < -0.4 is 5.32 Å². The molecule has 1 aliphatic heterocycles. The van der Waals surface area contributed by atoms with E-state index in [4.69, 9.17) is 4.74 Å². The molecule has 1 saturated heterocycles. The van der Waals surface area contributed by atoms with E-state index in [2.05, 4.69) is 15.3 Å². The standard InChI is InChI=1S/C10H15N3O.ClH/c1-8(10-7-12-4-5-13-10)14-9-2-3-11-6-9;/h4-5,7-9,11H,2-3,6H2,1H3;1H/t8?,9-;/m0./s1. The molecule has 1 fully saturated rings. The molecule has 84 valence electrons. The molecule has 5 heteroatoms. The highest BCUT2D eigenvalue weighted by Crippen LogP contribution is 2.17. The Morgan fingerprint density at radius 2 is 2.40 bits per heavy atom. The van der Waals surface area contributed by atoms with Crippen LogP contribution in [-0.2, 0) is 4.74 Å². The molecule has 2 rings (SSSR count). The molecule has 2 heterocycles. The first-order valence-electron chi connectivity index (χ1n) is 4.98. The van der Waals surface area contributed by atoms with Crippen molar-refractivity contribution in [2.24, 2.45) is 0 Å². The number of halogens is 1. The predicted octanol–water partition coefficient (Wildman–Crippen LogP) is 1.34. The monoisotopic (exact) mass is 229 g/mol. The Bertz CT molecular complexity index is 277. The molecule has 0 aromatic carbocycles. The van der Waals surface area contributed by atoms with Crippen LogP contribution in [0.2, 0.25) is 0 Å². The van der Waals surface area contributed by atoms with E-state index in [1.54, 1.807) is 18.6 Å². The van der Waals surface area contributed by atoms with Crippen LogP contribution >= 0.6 is 12.4 Å². The smallest absolute Gasteiger partial charge is 0.0986 e. The second-order valence-electron chi connectivity index (χ2n) is 3.52. The highest BCUT2D eigenvalue weighted by atomic mass is 35.5. The number of hydrogen-bond donors (Lipinski definition) is 1. The zero-order valence-electron chi connectivity index (χ0n) is 8.72. The summed E-state index contributed by atoms with van der Waals surface area (Å²) in [6, 6.07) is 0. The summed E-state index contributed by atoms with van der Waals surface area (Å²) in [6.45, 7) is 4.02. The molecule has 0 bridgehead atoms. The van der Waals surface area contributed by atoms with E-state index in [1.165, 1.54) is 0 Å². The third kappa shape index (κ3) is 3.41. The van der Waals surface area contributed by atoms with E-state index in [1.807, 2.05) is 6.92 Å². The van der Waals surface area contributed by atoms with Gasteiger partial charge in [0, 0.05) is 18.9 Å². The average Bonchev–Trinajstić information content (AvgIpc) is 2.72. The van der Waals surface area contributed by atoms with Crippen molar-refractivity contribution in [3.63, 3.8) is 0 Å². The molecule has 1 aliphatic rings. The molecule has 4 nitrogen and oxygen atoms in total. The lowest BCUT2D eigenvalue weighted by Crippen LogP contribution is -2.19. The van der Waals surface area contributed by atoms with Gasteiger partial charge in [0.2, 0.25) is 0 Å². The van der Waals surface area contributed by atoms with Gasteiger partial charge in [-0.15, -0.1) is 12.4 Å². The maximum atomic E-state index is 5.83. The second kappa shape index (κ2) is 6.00. The fourth-order valence-electron chi connectivity index (χ4n) is 1.62. The lowest BCUT2D eigenvalue weighted by Gasteiger charge is -2.16. The van der Waals surface area contributed by atoms with Crippen molar-refractivity contribution >= 4 is 12.4 Å². The summed E-state index contributed by atoms with van der Waals surface area (Å²) in [5.74, 6) is 0. The van der Waals surface area contributed by atoms with Crippen molar-refractivity contribution in [2.45, 2.75) is 25.6 Å². The van der Waals surface area contributed by atoms with Crippen molar-refractivity contribution in [3.8, 4) is 0 Å². The topological polar surface area (TPSA) is 47.0 Å². The summed E-state index contributed by atoms with van der Waals surface area (Å²) >= 11 is 0. The van der Waals surface area contributed by atoms with E-state index in [9.17, 15) is 0 Å². The number of nitrogens with zero attached hydrogens (tertiary/aromatic N) is 2. The van der Waals surface area contributed by atoms with Gasteiger partial charge in [-0.3, -0.25) is 9.97 Å². The van der Waals surface area contributed by atoms with Crippen molar-refractivity contribution < 1.29 is 4.74 Å². The minimum absolute atomic E-state index is 0. The van der Waals surface area contributed by atoms with Crippen molar-refractivity contribution in [2.75, 3.05) is 13.1 Å². The summed E-state index contributed by atoms with van der Waals surface area (Å²) in [5, 5.41) is 3.27. The highest BCUT2D eigenvalue weighted by Gasteiger charge is 2.18. The van der Waals surface area contributed by atoms with E-state index in [0.29, 0.717) is 6.10 Å². The molecule has 0 saturated carbocycles. The molecule has 0 spiro atoms. The van der Waals surface area contributed by atoms with Crippen LogP contribution in [0.5, 0.6) is 0 Å². The summed E-state index contributed by atoms with van der Waals surface area (Å²) in [4.78, 5) is 8.24. The van der Waals surface area contributed by atoms with E-state index < -0.39 is 0 Å². The molecule has 1 aromatic heterocycles. The summed E-state index contributed by atoms with van der Waals surface area (Å²) in [6.07, 6.45) is 6.58. The van der Waals surface area contributed by atoms with Crippen LogP contribution in [0, 0.1) is 0 Å². The molecule has 1 N–H and O–H groups in total. The van der Waals surface area contributed by atoms with Gasteiger partial charge in [-0.1, -0.05) is 0 Å². The molecular weight excluding hydrogens is 214 g/mol. The van der Waals surface area contributed by atoms with E-state index in [0.717, 1.165) is 25.2 Å². The predicted molar refractivity (Wildman–Crippen MR) is 60.1 cm³/mol. The zero-order valence-corrected chi connectivity index (χ0v) is 9.54. The molecule has 0 amide bonds. The van der Waals surface area contributed by atoms with Gasteiger partial charge in [0.05, 0.1) is 24.1 Å². The number of ether oxygens (including phenoxy) is 1. The molecule has 15 heavy (non-hydrogen) atoms. The first-order chi connectivity index (χ1) is 6.86. The van der Waals surface area contributed by atoms with E-state index >= 15 is 0 Å². The molecule has 2 atom stereocenters. The molecular formula is C10H16ClN3O. The van der Waals surface area contributed by atoms with Crippen molar-refractivity contribution in [3.05, 3.63) is 24.3 Å². The first-order valence-corrected chi connectivity index (χ1v) is 4.98. The first kappa shape index (κ1) is 12.4. The average molecular weight is 230 g/mol. The number of aromatic nitrogens is 2.